The van der Waals surface area contributed by atoms with Crippen molar-refractivity contribution < 1.29 is 27.6 Å². The molecule has 0 fully saturated rings. The van der Waals surface area contributed by atoms with Crippen molar-refractivity contribution in [2.45, 2.75) is 18.7 Å². The lowest BCUT2D eigenvalue weighted by molar-refractivity contribution is -0.386. The number of carbonyl (C=O) groups excluding carboxylic acids is 1. The second-order valence-electron chi connectivity index (χ2n) is 5.55. The van der Waals surface area contributed by atoms with E-state index in [0.29, 0.717) is 5.75 Å². The zero-order valence-corrected chi connectivity index (χ0v) is 16.2. The van der Waals surface area contributed by atoms with Crippen LogP contribution in [-0.4, -0.2) is 43.3 Å². The van der Waals surface area contributed by atoms with E-state index in [0.717, 1.165) is 12.1 Å². The first-order valence-corrected chi connectivity index (χ1v) is 9.90. The maximum absolute atomic E-state index is 12.5. The summed E-state index contributed by atoms with van der Waals surface area (Å²) in [6, 6.07) is 11.6. The molecule has 0 amide bonds. The molecule has 150 valence electrons. The van der Waals surface area contributed by atoms with Crippen LogP contribution in [-0.2, 0) is 14.8 Å². The number of sulfonamides is 1. The van der Waals surface area contributed by atoms with Crippen LogP contribution in [0.3, 0.4) is 0 Å². The van der Waals surface area contributed by atoms with Gasteiger partial charge in [0.1, 0.15) is 5.75 Å². The fourth-order valence-electron chi connectivity index (χ4n) is 2.42. The van der Waals surface area contributed by atoms with E-state index in [2.05, 4.69) is 0 Å². The fourth-order valence-corrected chi connectivity index (χ4v) is 3.90. The smallest absolute Gasteiger partial charge is 0.349 e. The van der Waals surface area contributed by atoms with Crippen LogP contribution in [0.4, 0.5) is 5.69 Å². The number of rotatable bonds is 9. The van der Waals surface area contributed by atoms with E-state index < -0.39 is 33.2 Å². The molecule has 0 bridgehead atoms. The minimum Gasteiger partial charge on any atom is -0.475 e. The Morgan fingerprint density at radius 3 is 2.32 bits per heavy atom. The van der Waals surface area contributed by atoms with Crippen LogP contribution in [0.1, 0.15) is 13.8 Å². The normalized spacial score (nSPS) is 11.2. The maximum atomic E-state index is 12.5. The summed E-state index contributed by atoms with van der Waals surface area (Å²) in [6.07, 6.45) is 0. The Morgan fingerprint density at radius 2 is 1.75 bits per heavy atom. The highest BCUT2D eigenvalue weighted by Crippen LogP contribution is 2.31. The Kier molecular flexibility index (Phi) is 7.07. The third-order valence-corrected chi connectivity index (χ3v) is 5.84. The molecular formula is C18H20N2O7S. The maximum Gasteiger partial charge on any atom is 0.349 e. The monoisotopic (exact) mass is 408 g/mol. The molecule has 2 rings (SSSR count). The van der Waals surface area contributed by atoms with Gasteiger partial charge in [0.15, 0.2) is 12.4 Å². The number of nitrogens with zero attached hydrogens (tertiary/aromatic N) is 2. The van der Waals surface area contributed by atoms with Crippen LogP contribution in [0.5, 0.6) is 11.5 Å². The van der Waals surface area contributed by atoms with Gasteiger partial charge < -0.3 is 9.47 Å². The summed E-state index contributed by atoms with van der Waals surface area (Å²) in [6.45, 7) is 3.24. The van der Waals surface area contributed by atoms with Crippen LogP contribution >= 0.6 is 0 Å². The molecular weight excluding hydrogens is 388 g/mol. The van der Waals surface area contributed by atoms with Gasteiger partial charge in [-0.3, -0.25) is 10.1 Å². The van der Waals surface area contributed by atoms with Crippen LogP contribution in [0.25, 0.3) is 0 Å². The van der Waals surface area contributed by atoms with Gasteiger partial charge in [-0.25, -0.2) is 13.2 Å². The molecule has 10 heteroatoms. The lowest BCUT2D eigenvalue weighted by Gasteiger charge is -2.18. The molecule has 0 aliphatic rings. The van der Waals surface area contributed by atoms with Crippen LogP contribution < -0.4 is 9.47 Å². The SMILES string of the molecule is CCN(CC)S(=O)(=O)c1ccc(OCC(=O)Oc2ccccc2)c([N+](=O)[O-])c1. The number of esters is 1. The molecule has 9 nitrogen and oxygen atoms in total. The van der Waals surface area contributed by atoms with Gasteiger partial charge in [-0.15, -0.1) is 0 Å². The standard InChI is InChI=1S/C18H20N2O7S/c1-3-19(4-2)28(24,25)15-10-11-17(16(12-15)20(22)23)26-13-18(21)27-14-8-6-5-7-9-14/h5-12H,3-4,13H2,1-2H3. The molecule has 0 aromatic heterocycles. The second kappa shape index (κ2) is 9.29. The number of carbonyl (C=O) groups is 1. The molecule has 0 radical (unpaired) electrons. The van der Waals surface area contributed by atoms with Crippen molar-refractivity contribution in [3.05, 3.63) is 58.6 Å². The molecule has 0 saturated carbocycles. The highest BCUT2D eigenvalue weighted by molar-refractivity contribution is 7.89. The lowest BCUT2D eigenvalue weighted by atomic mass is 10.3. The molecule has 0 N–H and O–H groups in total. The van der Waals surface area contributed by atoms with Gasteiger partial charge in [0.05, 0.1) is 9.82 Å². The number of ether oxygens (including phenoxy) is 2. The Hall–Kier alpha value is -2.98. The van der Waals surface area contributed by atoms with Crippen molar-refractivity contribution in [2.75, 3.05) is 19.7 Å². The summed E-state index contributed by atoms with van der Waals surface area (Å²) in [5, 5.41) is 11.3. The molecule has 2 aromatic rings. The first-order chi connectivity index (χ1) is 13.3. The van der Waals surface area contributed by atoms with Crippen molar-refractivity contribution in [1.29, 1.82) is 0 Å². The first-order valence-electron chi connectivity index (χ1n) is 8.46. The Bertz CT molecular complexity index is 942. The summed E-state index contributed by atoms with van der Waals surface area (Å²) in [5.41, 5.74) is -0.555. The molecule has 0 aliphatic heterocycles. The van der Waals surface area contributed by atoms with Gasteiger partial charge in [0.2, 0.25) is 10.0 Å². The van der Waals surface area contributed by atoms with Gasteiger partial charge in [-0.1, -0.05) is 32.0 Å². The summed E-state index contributed by atoms with van der Waals surface area (Å²) in [7, 11) is -3.86. The summed E-state index contributed by atoms with van der Waals surface area (Å²) < 4.78 is 36.5. The Balaban J connectivity index is 2.19. The molecule has 0 atom stereocenters. The third kappa shape index (κ3) is 5.05. The summed E-state index contributed by atoms with van der Waals surface area (Å²) in [5.74, 6) is -0.667. The van der Waals surface area contributed by atoms with E-state index in [9.17, 15) is 23.3 Å². The van der Waals surface area contributed by atoms with Crippen LogP contribution in [0.15, 0.2) is 53.4 Å². The van der Waals surface area contributed by atoms with Crippen LogP contribution in [0.2, 0.25) is 0 Å². The number of hydrogen-bond donors (Lipinski definition) is 0. The third-order valence-electron chi connectivity index (χ3n) is 3.79. The first kappa shape index (κ1) is 21.3. The minimum atomic E-state index is -3.86. The van der Waals surface area contributed by atoms with E-state index >= 15 is 0 Å². The van der Waals surface area contributed by atoms with E-state index in [1.165, 1.54) is 10.4 Å². The van der Waals surface area contributed by atoms with E-state index in [1.807, 2.05) is 0 Å². The van der Waals surface area contributed by atoms with Crippen molar-refractivity contribution in [3.63, 3.8) is 0 Å². The van der Waals surface area contributed by atoms with Gasteiger partial charge >= 0.3 is 11.7 Å². The molecule has 0 spiro atoms. The number of hydrogen-bond acceptors (Lipinski definition) is 7. The summed E-state index contributed by atoms with van der Waals surface area (Å²) >= 11 is 0. The van der Waals surface area contributed by atoms with Gasteiger partial charge in [0, 0.05) is 19.2 Å². The quantitative estimate of drug-likeness (QED) is 0.271. The van der Waals surface area contributed by atoms with Crippen molar-refractivity contribution in [3.8, 4) is 11.5 Å². The predicted octanol–water partition coefficient (Wildman–Crippen LogP) is 2.61. The molecule has 0 saturated heterocycles. The van der Waals surface area contributed by atoms with E-state index in [1.54, 1.807) is 44.2 Å². The number of nitro benzene ring substituents is 1. The Labute approximate surface area is 162 Å². The average Bonchev–Trinajstić information content (AvgIpc) is 2.67. The molecule has 0 aliphatic carbocycles. The number of para-hydroxylation sites is 1. The van der Waals surface area contributed by atoms with Gasteiger partial charge in [-0.05, 0) is 24.3 Å². The largest absolute Gasteiger partial charge is 0.475 e. The fraction of sp³-hybridized carbons (Fsp3) is 0.278. The van der Waals surface area contributed by atoms with Crippen molar-refractivity contribution in [1.82, 2.24) is 4.31 Å². The van der Waals surface area contributed by atoms with Crippen molar-refractivity contribution in [2.24, 2.45) is 0 Å². The van der Waals surface area contributed by atoms with Crippen LogP contribution in [0, 0.1) is 10.1 Å². The molecule has 2 aromatic carbocycles. The molecule has 0 unspecified atom stereocenters. The second-order valence-corrected chi connectivity index (χ2v) is 7.49. The number of benzene rings is 2. The number of nitro groups is 1. The van der Waals surface area contributed by atoms with Gasteiger partial charge in [-0.2, -0.15) is 4.31 Å². The highest BCUT2D eigenvalue weighted by Gasteiger charge is 2.26. The topological polar surface area (TPSA) is 116 Å². The lowest BCUT2D eigenvalue weighted by Crippen LogP contribution is -2.30. The van der Waals surface area contributed by atoms with Crippen molar-refractivity contribution >= 4 is 21.7 Å². The predicted molar refractivity (Wildman–Crippen MR) is 101 cm³/mol. The zero-order chi connectivity index (χ0) is 20.7. The van der Waals surface area contributed by atoms with E-state index in [4.69, 9.17) is 9.47 Å². The highest BCUT2D eigenvalue weighted by atomic mass is 32.2. The Morgan fingerprint density at radius 1 is 1.11 bits per heavy atom. The summed E-state index contributed by atoms with van der Waals surface area (Å²) in [4.78, 5) is 22.2. The molecule has 0 heterocycles. The zero-order valence-electron chi connectivity index (χ0n) is 15.4. The molecule has 28 heavy (non-hydrogen) atoms. The minimum absolute atomic E-state index is 0.220. The van der Waals surface area contributed by atoms with Gasteiger partial charge in [0.25, 0.3) is 0 Å². The average molecular weight is 408 g/mol. The van der Waals surface area contributed by atoms with E-state index in [-0.39, 0.29) is 23.7 Å².